The number of fused-ring (bicyclic) bond motifs is 2. The van der Waals surface area contributed by atoms with Crippen LogP contribution in [0, 0.1) is 11.8 Å². The van der Waals surface area contributed by atoms with Gasteiger partial charge in [0, 0.05) is 19.8 Å². The molecule has 4 aromatic heterocycles. The van der Waals surface area contributed by atoms with Crippen molar-refractivity contribution in [3.05, 3.63) is 31.7 Å². The van der Waals surface area contributed by atoms with E-state index in [0.717, 1.165) is 35.5 Å². The molecule has 0 saturated carbocycles. The molecule has 5 N–H and O–H groups in total. The van der Waals surface area contributed by atoms with E-state index >= 15 is 0 Å². The number of carbonyl (C=O) groups is 1. The molecule has 0 spiro atoms. The molecule has 0 radical (unpaired) electrons. The van der Waals surface area contributed by atoms with Crippen LogP contribution < -0.4 is 21.2 Å². The number of thiazole rings is 2. The predicted octanol–water partition coefficient (Wildman–Crippen LogP) is 2.83. The minimum Gasteiger partial charge on any atom is -0.458 e. The number of anilines is 2. The van der Waals surface area contributed by atoms with Crippen LogP contribution in [0.2, 0.25) is 0 Å². The Morgan fingerprint density at radius 2 is 1.40 bits per heavy atom. The Hall–Kier alpha value is -3.51. The molecule has 6 rings (SSSR count). The molecular formula is C28H38N8O7S2. The largest absolute Gasteiger partial charge is 0.458 e. The van der Waals surface area contributed by atoms with Gasteiger partial charge in [0.05, 0.1) is 34.0 Å². The maximum Gasteiger partial charge on any atom is 0.311 e. The quantitative estimate of drug-likeness (QED) is 0.243. The normalized spacial score (nSPS) is 26.1. The van der Waals surface area contributed by atoms with Crippen molar-refractivity contribution in [1.82, 2.24) is 29.1 Å². The second kappa shape index (κ2) is 13.5. The van der Waals surface area contributed by atoms with Crippen molar-refractivity contribution < 1.29 is 24.1 Å². The van der Waals surface area contributed by atoms with Gasteiger partial charge in [-0.3, -0.25) is 23.5 Å². The molecule has 2 fully saturated rings. The van der Waals surface area contributed by atoms with E-state index < -0.39 is 30.6 Å². The molecule has 0 aliphatic carbocycles. The third-order valence-corrected chi connectivity index (χ3v) is 10.1. The standard InChI is InChI=1S/C15H20N4O4S.C13H18N4O3S/c1-4-7(2)9-5-10(22-8(3)20)13(23-9)19-12-11(24-15(19)21)6-17-14(16)18-12;1-3-6(2)8-4-7(18)11(20-8)17-10-9(21-13(17)19)5-15-12(14)16-10/h6-7,9-10,13H,4-5H2,1-3H3,(H2,16,17,18);5-8,11,18H,3-4H2,1-2H3,(H2,14,15,16)/t7-,9-,10+,13+;6-,7+,8-,11+/m00/s1. The Bertz CT molecular complexity index is 1790. The van der Waals surface area contributed by atoms with Crippen LogP contribution in [0.4, 0.5) is 11.9 Å². The van der Waals surface area contributed by atoms with Crippen LogP contribution in [-0.4, -0.2) is 64.6 Å². The van der Waals surface area contributed by atoms with E-state index in [1.165, 1.54) is 28.5 Å². The highest BCUT2D eigenvalue weighted by molar-refractivity contribution is 7.16. The molecule has 15 nitrogen and oxygen atoms in total. The van der Waals surface area contributed by atoms with E-state index in [2.05, 4.69) is 47.6 Å². The molecule has 2 aliphatic heterocycles. The third kappa shape index (κ3) is 6.72. The lowest BCUT2D eigenvalue weighted by atomic mass is 9.99. The fraction of sp³-hybridized carbons (Fsp3) is 0.607. The fourth-order valence-electron chi connectivity index (χ4n) is 5.53. The maximum absolute atomic E-state index is 12.5. The van der Waals surface area contributed by atoms with Gasteiger partial charge in [0.15, 0.2) is 23.8 Å². The highest BCUT2D eigenvalue weighted by Gasteiger charge is 2.42. The van der Waals surface area contributed by atoms with Crippen LogP contribution in [0.15, 0.2) is 22.0 Å². The van der Waals surface area contributed by atoms with Crippen LogP contribution in [0.5, 0.6) is 0 Å². The second-order valence-electron chi connectivity index (χ2n) is 11.4. The number of esters is 1. The van der Waals surface area contributed by atoms with Crippen molar-refractivity contribution in [3.8, 4) is 0 Å². The van der Waals surface area contributed by atoms with Gasteiger partial charge in [-0.1, -0.05) is 63.2 Å². The minimum absolute atomic E-state index is 0.0592. The summed E-state index contributed by atoms with van der Waals surface area (Å²) < 4.78 is 21.5. The molecule has 8 atom stereocenters. The van der Waals surface area contributed by atoms with E-state index in [1.807, 2.05) is 0 Å². The van der Waals surface area contributed by atoms with Crippen molar-refractivity contribution in [2.45, 2.75) is 97.2 Å². The average molecular weight is 663 g/mol. The van der Waals surface area contributed by atoms with E-state index in [-0.39, 0.29) is 39.8 Å². The van der Waals surface area contributed by atoms with E-state index in [1.54, 1.807) is 0 Å². The summed E-state index contributed by atoms with van der Waals surface area (Å²) in [7, 11) is 0. The summed E-state index contributed by atoms with van der Waals surface area (Å²) in [4.78, 5) is 51.7. The van der Waals surface area contributed by atoms with Crippen molar-refractivity contribution in [3.63, 3.8) is 0 Å². The summed E-state index contributed by atoms with van der Waals surface area (Å²) >= 11 is 2.04. The Labute approximate surface area is 266 Å². The van der Waals surface area contributed by atoms with E-state index in [0.29, 0.717) is 39.5 Å². The van der Waals surface area contributed by atoms with Gasteiger partial charge in [-0.2, -0.15) is 9.97 Å². The first kappa shape index (κ1) is 32.9. The molecule has 2 aliphatic rings. The van der Waals surface area contributed by atoms with Gasteiger partial charge in [0.2, 0.25) is 11.9 Å². The molecule has 4 aromatic rings. The Morgan fingerprint density at radius 1 is 0.933 bits per heavy atom. The molecule has 2 saturated heterocycles. The van der Waals surface area contributed by atoms with Gasteiger partial charge in [0.25, 0.3) is 0 Å². The highest BCUT2D eigenvalue weighted by Crippen LogP contribution is 2.37. The predicted molar refractivity (Wildman–Crippen MR) is 170 cm³/mol. The molecule has 0 amide bonds. The number of nitrogens with zero attached hydrogens (tertiary/aromatic N) is 6. The molecule has 17 heteroatoms. The Kier molecular flexibility index (Phi) is 9.83. The van der Waals surface area contributed by atoms with Crippen molar-refractivity contribution in [1.29, 1.82) is 0 Å². The second-order valence-corrected chi connectivity index (χ2v) is 13.4. The first-order valence-corrected chi connectivity index (χ1v) is 16.5. The zero-order valence-corrected chi connectivity index (χ0v) is 27.3. The van der Waals surface area contributed by atoms with Gasteiger partial charge in [-0.05, 0) is 11.8 Å². The molecule has 0 unspecified atom stereocenters. The number of hydrogen-bond acceptors (Lipinski definition) is 15. The number of ether oxygens (including phenoxy) is 3. The van der Waals surface area contributed by atoms with Gasteiger partial charge in [-0.25, -0.2) is 9.97 Å². The minimum atomic E-state index is -0.726. The topological polar surface area (TPSA) is 213 Å². The molecule has 6 heterocycles. The summed E-state index contributed by atoms with van der Waals surface area (Å²) in [6.07, 6.45) is 3.16. The molecule has 0 aromatic carbocycles. The zero-order chi connectivity index (χ0) is 32.6. The van der Waals surface area contributed by atoms with Crippen LogP contribution in [0.25, 0.3) is 20.7 Å². The van der Waals surface area contributed by atoms with Gasteiger partial charge in [-0.15, -0.1) is 0 Å². The van der Waals surface area contributed by atoms with Gasteiger partial charge < -0.3 is 30.8 Å². The number of nitrogens with two attached hydrogens (primary N) is 2. The fourth-order valence-corrected chi connectivity index (χ4v) is 7.17. The third-order valence-electron chi connectivity index (χ3n) is 8.35. The number of aliphatic hydroxyl groups excluding tert-OH is 1. The lowest BCUT2D eigenvalue weighted by molar-refractivity contribution is -0.152. The van der Waals surface area contributed by atoms with Crippen molar-refractivity contribution >= 4 is 61.2 Å². The van der Waals surface area contributed by atoms with E-state index in [4.69, 9.17) is 25.7 Å². The lowest BCUT2D eigenvalue weighted by Gasteiger charge is -2.20. The van der Waals surface area contributed by atoms with Gasteiger partial charge in [0.1, 0.15) is 12.2 Å². The SMILES string of the molecule is CC[C@H](C)[C@@H]1C[C@@H](O)[C@H](n2c(=O)sc3cnc(N)nc32)O1.CC[C@H](C)[C@@H]1C[C@@H](OC(C)=O)[C@H](n2c(=O)sc3cnc(N)nc32)O1. The highest BCUT2D eigenvalue weighted by atomic mass is 32.1. The number of rotatable bonds is 7. The molecule has 45 heavy (non-hydrogen) atoms. The Balaban J connectivity index is 0.000000179. The maximum atomic E-state index is 12.5. The van der Waals surface area contributed by atoms with Crippen LogP contribution in [0.3, 0.4) is 0 Å². The van der Waals surface area contributed by atoms with Crippen LogP contribution in [0.1, 0.15) is 72.8 Å². The van der Waals surface area contributed by atoms with Gasteiger partial charge >= 0.3 is 15.7 Å². The smallest absolute Gasteiger partial charge is 0.311 e. The van der Waals surface area contributed by atoms with Crippen LogP contribution >= 0.6 is 22.7 Å². The first-order valence-electron chi connectivity index (χ1n) is 14.8. The van der Waals surface area contributed by atoms with Crippen molar-refractivity contribution in [2.75, 3.05) is 11.5 Å². The number of carbonyl (C=O) groups excluding carboxylic acids is 1. The first-order chi connectivity index (χ1) is 21.4. The van der Waals surface area contributed by atoms with E-state index in [9.17, 15) is 19.5 Å². The number of hydrogen-bond donors (Lipinski definition) is 3. The number of aliphatic hydroxyl groups is 1. The average Bonchev–Trinajstić information content (AvgIpc) is 3.74. The number of nitrogen functional groups attached to an aromatic ring is 2. The molecule has 0 bridgehead atoms. The summed E-state index contributed by atoms with van der Waals surface area (Å²) in [6, 6.07) is 0. The van der Waals surface area contributed by atoms with Crippen LogP contribution in [-0.2, 0) is 19.0 Å². The Morgan fingerprint density at radius 3 is 1.89 bits per heavy atom. The summed E-state index contributed by atoms with van der Waals surface area (Å²) in [5.74, 6) is 0.382. The molecule has 244 valence electrons. The van der Waals surface area contributed by atoms with Crippen molar-refractivity contribution in [2.24, 2.45) is 11.8 Å². The lowest BCUT2D eigenvalue weighted by Crippen LogP contribution is -2.30. The summed E-state index contributed by atoms with van der Waals surface area (Å²) in [5.41, 5.74) is 12.1. The molecular weight excluding hydrogens is 624 g/mol. The summed E-state index contributed by atoms with van der Waals surface area (Å²) in [5, 5.41) is 10.3. The zero-order valence-electron chi connectivity index (χ0n) is 25.7. The summed E-state index contributed by atoms with van der Waals surface area (Å²) in [6.45, 7) is 9.65. The monoisotopic (exact) mass is 662 g/mol. The number of aromatic nitrogens is 6.